The highest BCUT2D eigenvalue weighted by Crippen LogP contribution is 2.31. The first kappa shape index (κ1) is 14.0. The summed E-state index contributed by atoms with van der Waals surface area (Å²) >= 11 is 5.88. The number of hydrogen-bond donors (Lipinski definition) is 2. The normalized spacial score (nSPS) is 20.1. The molecule has 2 aromatic carbocycles. The van der Waals surface area contributed by atoms with Gasteiger partial charge in [0.2, 0.25) is 0 Å². The molecule has 3 nitrogen and oxygen atoms in total. The second kappa shape index (κ2) is 5.47. The van der Waals surface area contributed by atoms with Gasteiger partial charge in [0.1, 0.15) is 5.82 Å². The van der Waals surface area contributed by atoms with Crippen molar-refractivity contribution in [2.75, 3.05) is 0 Å². The second-order valence-electron chi connectivity index (χ2n) is 5.05. The van der Waals surface area contributed by atoms with E-state index in [1.807, 2.05) is 24.3 Å². The third-order valence-corrected chi connectivity index (χ3v) is 3.98. The zero-order chi connectivity index (χ0) is 15.0. The van der Waals surface area contributed by atoms with E-state index in [1.54, 1.807) is 0 Å². The Bertz CT molecular complexity index is 704. The summed E-state index contributed by atoms with van der Waals surface area (Å²) in [5, 5.41) is 12.9. The largest absolute Gasteiger partial charge is 0.390 e. The number of halogens is 2. The Morgan fingerprint density at radius 3 is 2.81 bits per heavy atom. The maximum Gasteiger partial charge on any atom is 0.253 e. The Kier molecular flexibility index (Phi) is 3.66. The average molecular weight is 306 g/mol. The first-order valence-electron chi connectivity index (χ1n) is 6.58. The van der Waals surface area contributed by atoms with Crippen molar-refractivity contribution < 1.29 is 14.3 Å². The lowest BCUT2D eigenvalue weighted by Crippen LogP contribution is -2.34. The summed E-state index contributed by atoms with van der Waals surface area (Å²) in [4.78, 5) is 12.3. The number of aliphatic hydroxyl groups excluding tert-OH is 1. The second-order valence-corrected chi connectivity index (χ2v) is 5.45. The lowest BCUT2D eigenvalue weighted by molar-refractivity contribution is 0.0858. The Morgan fingerprint density at radius 1 is 1.29 bits per heavy atom. The lowest BCUT2D eigenvalue weighted by Gasteiger charge is -2.18. The van der Waals surface area contributed by atoms with E-state index in [0.29, 0.717) is 6.42 Å². The molecule has 3 rings (SSSR count). The van der Waals surface area contributed by atoms with Crippen molar-refractivity contribution in [2.45, 2.75) is 18.6 Å². The van der Waals surface area contributed by atoms with Crippen molar-refractivity contribution >= 4 is 17.5 Å². The Labute approximate surface area is 126 Å². The monoisotopic (exact) mass is 305 g/mol. The van der Waals surface area contributed by atoms with E-state index in [2.05, 4.69) is 5.32 Å². The molecule has 0 bridgehead atoms. The standard InChI is InChI=1S/C16H13ClFNO2/c17-13-8-10(18)5-6-12(13)16(21)19-15-11-4-2-1-3-9(11)7-14(15)20/h1-6,8,14-15,20H,7H2,(H,19,21)/t14-,15+/m1/s1. The molecule has 0 radical (unpaired) electrons. The minimum absolute atomic E-state index is 0.0493. The number of benzene rings is 2. The van der Waals surface area contributed by atoms with Crippen LogP contribution in [0.5, 0.6) is 0 Å². The molecule has 0 saturated carbocycles. The van der Waals surface area contributed by atoms with Crippen molar-refractivity contribution in [1.82, 2.24) is 5.32 Å². The van der Waals surface area contributed by atoms with Gasteiger partial charge in [-0.05, 0) is 29.3 Å². The summed E-state index contributed by atoms with van der Waals surface area (Å²) < 4.78 is 13.0. The number of nitrogens with one attached hydrogen (secondary N) is 1. The third kappa shape index (κ3) is 2.64. The number of carbonyl (C=O) groups excluding carboxylic acids is 1. The molecule has 5 heteroatoms. The first-order valence-corrected chi connectivity index (χ1v) is 6.96. The molecular formula is C16H13ClFNO2. The molecule has 0 aliphatic heterocycles. The molecule has 0 saturated heterocycles. The van der Waals surface area contributed by atoms with Crippen LogP contribution in [0.4, 0.5) is 4.39 Å². The van der Waals surface area contributed by atoms with Gasteiger partial charge in [-0.25, -0.2) is 4.39 Å². The van der Waals surface area contributed by atoms with Crippen LogP contribution in [-0.2, 0) is 6.42 Å². The molecule has 1 amide bonds. The van der Waals surface area contributed by atoms with E-state index in [-0.39, 0.29) is 10.6 Å². The van der Waals surface area contributed by atoms with Crippen LogP contribution in [0.3, 0.4) is 0 Å². The molecule has 1 aliphatic rings. The SMILES string of the molecule is O=C(N[C@H]1c2ccccc2C[C@H]1O)c1ccc(F)cc1Cl. The number of carbonyl (C=O) groups is 1. The summed E-state index contributed by atoms with van der Waals surface area (Å²) in [5.74, 6) is -0.927. The van der Waals surface area contributed by atoms with Gasteiger partial charge in [-0.3, -0.25) is 4.79 Å². The Hall–Kier alpha value is -1.91. The zero-order valence-corrected chi connectivity index (χ0v) is 11.8. The fourth-order valence-corrected chi connectivity index (χ4v) is 2.89. The number of rotatable bonds is 2. The van der Waals surface area contributed by atoms with E-state index in [1.165, 1.54) is 12.1 Å². The smallest absolute Gasteiger partial charge is 0.253 e. The van der Waals surface area contributed by atoms with Crippen molar-refractivity contribution in [2.24, 2.45) is 0 Å². The summed E-state index contributed by atoms with van der Waals surface area (Å²) in [5.41, 5.74) is 2.10. The third-order valence-electron chi connectivity index (χ3n) is 3.67. The summed E-state index contributed by atoms with van der Waals surface area (Å²) in [6.45, 7) is 0. The van der Waals surface area contributed by atoms with Gasteiger partial charge in [0.15, 0.2) is 0 Å². The Morgan fingerprint density at radius 2 is 2.05 bits per heavy atom. The average Bonchev–Trinajstić information content (AvgIpc) is 2.75. The molecule has 0 spiro atoms. The zero-order valence-electron chi connectivity index (χ0n) is 11.0. The minimum atomic E-state index is -0.675. The molecule has 2 N–H and O–H groups in total. The molecule has 2 aromatic rings. The topological polar surface area (TPSA) is 49.3 Å². The van der Waals surface area contributed by atoms with E-state index >= 15 is 0 Å². The van der Waals surface area contributed by atoms with Crippen LogP contribution in [0.1, 0.15) is 27.5 Å². The highest BCUT2D eigenvalue weighted by molar-refractivity contribution is 6.33. The molecule has 2 atom stereocenters. The number of aliphatic hydroxyl groups is 1. The maximum absolute atomic E-state index is 13.0. The van der Waals surface area contributed by atoms with E-state index in [4.69, 9.17) is 11.6 Å². The number of hydrogen-bond acceptors (Lipinski definition) is 2. The van der Waals surface area contributed by atoms with Gasteiger partial charge >= 0.3 is 0 Å². The minimum Gasteiger partial charge on any atom is -0.390 e. The molecular weight excluding hydrogens is 293 g/mol. The van der Waals surface area contributed by atoms with Crippen molar-refractivity contribution in [3.63, 3.8) is 0 Å². The van der Waals surface area contributed by atoms with E-state index in [0.717, 1.165) is 17.2 Å². The van der Waals surface area contributed by atoms with Crippen LogP contribution in [0.2, 0.25) is 5.02 Å². The van der Waals surface area contributed by atoms with Gasteiger partial charge in [0.05, 0.1) is 22.7 Å². The van der Waals surface area contributed by atoms with Gasteiger partial charge < -0.3 is 10.4 Å². The number of fused-ring (bicyclic) bond motifs is 1. The molecule has 0 fully saturated rings. The van der Waals surface area contributed by atoms with Crippen molar-refractivity contribution in [1.29, 1.82) is 0 Å². The van der Waals surface area contributed by atoms with Crippen LogP contribution in [0.15, 0.2) is 42.5 Å². The lowest BCUT2D eigenvalue weighted by atomic mass is 10.1. The molecule has 0 unspecified atom stereocenters. The van der Waals surface area contributed by atoms with Gasteiger partial charge in [-0.2, -0.15) is 0 Å². The van der Waals surface area contributed by atoms with E-state index in [9.17, 15) is 14.3 Å². The highest BCUT2D eigenvalue weighted by Gasteiger charge is 2.32. The molecule has 1 aliphatic carbocycles. The molecule has 108 valence electrons. The number of amides is 1. The van der Waals surface area contributed by atoms with Crippen molar-refractivity contribution in [3.8, 4) is 0 Å². The van der Waals surface area contributed by atoms with Gasteiger partial charge in [-0.15, -0.1) is 0 Å². The fourth-order valence-electron chi connectivity index (χ4n) is 2.64. The predicted molar refractivity (Wildman–Crippen MR) is 77.8 cm³/mol. The molecule has 0 aromatic heterocycles. The maximum atomic E-state index is 13.0. The predicted octanol–water partition coefficient (Wildman–Crippen LogP) is 2.87. The van der Waals surface area contributed by atoms with Crippen LogP contribution >= 0.6 is 11.6 Å². The fraction of sp³-hybridized carbons (Fsp3) is 0.188. The van der Waals surface area contributed by atoms with E-state index < -0.39 is 23.9 Å². The quantitative estimate of drug-likeness (QED) is 0.896. The van der Waals surface area contributed by atoms with Crippen LogP contribution in [0.25, 0.3) is 0 Å². The summed E-state index contributed by atoms with van der Waals surface area (Å²) in [6.07, 6.45) is -0.177. The van der Waals surface area contributed by atoms with Gasteiger partial charge in [-0.1, -0.05) is 35.9 Å². The van der Waals surface area contributed by atoms with Crippen LogP contribution in [0, 0.1) is 5.82 Å². The summed E-state index contributed by atoms with van der Waals surface area (Å²) in [7, 11) is 0. The molecule has 0 heterocycles. The van der Waals surface area contributed by atoms with Gasteiger partial charge in [0, 0.05) is 6.42 Å². The van der Waals surface area contributed by atoms with Gasteiger partial charge in [0.25, 0.3) is 5.91 Å². The van der Waals surface area contributed by atoms with Crippen molar-refractivity contribution in [3.05, 3.63) is 70.0 Å². The van der Waals surface area contributed by atoms with Crippen LogP contribution in [-0.4, -0.2) is 17.1 Å². The Balaban J connectivity index is 1.85. The van der Waals surface area contributed by atoms with Crippen LogP contribution < -0.4 is 5.32 Å². The summed E-state index contributed by atoms with van der Waals surface area (Å²) in [6, 6.07) is 10.7. The first-order chi connectivity index (χ1) is 10.1. The molecule has 21 heavy (non-hydrogen) atoms. The highest BCUT2D eigenvalue weighted by atomic mass is 35.5.